The lowest BCUT2D eigenvalue weighted by Gasteiger charge is -2.39. The van der Waals surface area contributed by atoms with E-state index in [1.54, 1.807) is 16.9 Å². The van der Waals surface area contributed by atoms with Gasteiger partial charge >= 0.3 is 0 Å². The van der Waals surface area contributed by atoms with Gasteiger partial charge in [0.2, 0.25) is 11.8 Å². The minimum Gasteiger partial charge on any atom is -0.497 e. The van der Waals surface area contributed by atoms with Gasteiger partial charge in [0.15, 0.2) is 0 Å². The maximum atomic E-state index is 12.8. The quantitative estimate of drug-likeness (QED) is 0.782. The van der Waals surface area contributed by atoms with E-state index >= 15 is 0 Å². The van der Waals surface area contributed by atoms with E-state index in [2.05, 4.69) is 4.90 Å². The van der Waals surface area contributed by atoms with Crippen molar-refractivity contribution in [3.8, 4) is 5.75 Å². The molecule has 2 amide bonds. The zero-order valence-electron chi connectivity index (χ0n) is 15.5. The van der Waals surface area contributed by atoms with Crippen LogP contribution in [0.3, 0.4) is 0 Å². The molecular formula is C19H27N3O4. The van der Waals surface area contributed by atoms with Crippen molar-refractivity contribution < 1.29 is 19.1 Å². The van der Waals surface area contributed by atoms with Crippen LogP contribution < -0.4 is 9.64 Å². The summed E-state index contributed by atoms with van der Waals surface area (Å²) in [6.07, 6.45) is 0.445. The highest BCUT2D eigenvalue weighted by molar-refractivity contribution is 6.00. The van der Waals surface area contributed by atoms with Gasteiger partial charge in [0.1, 0.15) is 11.8 Å². The Bertz CT molecular complexity index is 628. The van der Waals surface area contributed by atoms with Crippen molar-refractivity contribution >= 4 is 17.5 Å². The zero-order chi connectivity index (χ0) is 18.5. The van der Waals surface area contributed by atoms with Gasteiger partial charge in [-0.3, -0.25) is 14.5 Å². The Kier molecular flexibility index (Phi) is 6.11. The fourth-order valence-corrected chi connectivity index (χ4v) is 3.45. The van der Waals surface area contributed by atoms with Gasteiger partial charge in [0, 0.05) is 44.8 Å². The average molecular weight is 361 g/mol. The van der Waals surface area contributed by atoms with E-state index in [0.717, 1.165) is 44.3 Å². The highest BCUT2D eigenvalue weighted by Crippen LogP contribution is 2.23. The van der Waals surface area contributed by atoms with Crippen LogP contribution in [0, 0.1) is 0 Å². The number of amides is 2. The summed E-state index contributed by atoms with van der Waals surface area (Å²) >= 11 is 0. The molecule has 7 nitrogen and oxygen atoms in total. The fourth-order valence-electron chi connectivity index (χ4n) is 3.45. The lowest BCUT2D eigenvalue weighted by atomic mass is 10.1. The minimum absolute atomic E-state index is 0.0406. The number of carbonyl (C=O) groups is 2. The number of piperazine rings is 1. The van der Waals surface area contributed by atoms with Crippen molar-refractivity contribution in [2.24, 2.45) is 0 Å². The molecule has 1 aromatic carbocycles. The van der Waals surface area contributed by atoms with Crippen LogP contribution in [0.5, 0.6) is 5.75 Å². The summed E-state index contributed by atoms with van der Waals surface area (Å²) in [5.41, 5.74) is 0.836. The van der Waals surface area contributed by atoms with Gasteiger partial charge < -0.3 is 19.3 Å². The molecule has 2 saturated heterocycles. The van der Waals surface area contributed by atoms with E-state index < -0.39 is 6.04 Å². The number of morpholine rings is 1. The molecule has 0 saturated carbocycles. The number of anilines is 1. The zero-order valence-corrected chi connectivity index (χ0v) is 15.5. The average Bonchev–Trinajstić information content (AvgIpc) is 2.69. The van der Waals surface area contributed by atoms with Crippen molar-refractivity contribution in [2.45, 2.75) is 19.4 Å². The van der Waals surface area contributed by atoms with Gasteiger partial charge in [-0.1, -0.05) is 0 Å². The third kappa shape index (κ3) is 4.16. The molecule has 0 bridgehead atoms. The molecule has 3 rings (SSSR count). The van der Waals surface area contributed by atoms with Gasteiger partial charge in [-0.15, -0.1) is 0 Å². The number of rotatable bonds is 5. The highest BCUT2D eigenvalue weighted by Gasteiger charge is 2.34. The first kappa shape index (κ1) is 18.7. The molecule has 2 aliphatic rings. The second-order valence-electron chi connectivity index (χ2n) is 6.66. The molecule has 1 aromatic rings. The Hall–Kier alpha value is -2.12. The van der Waals surface area contributed by atoms with Crippen molar-refractivity contribution in [2.75, 3.05) is 57.9 Å². The SMILES string of the molecule is COc1ccc(N2CCN(C(=O)CCN3CCOCC3)C(C)C2=O)cc1. The first-order valence-electron chi connectivity index (χ1n) is 9.15. The summed E-state index contributed by atoms with van der Waals surface area (Å²) in [6, 6.07) is 6.99. The third-order valence-electron chi connectivity index (χ3n) is 5.11. The monoisotopic (exact) mass is 361 g/mol. The van der Waals surface area contributed by atoms with Gasteiger partial charge in [-0.05, 0) is 31.2 Å². The van der Waals surface area contributed by atoms with Gasteiger partial charge in [0.05, 0.1) is 20.3 Å². The van der Waals surface area contributed by atoms with Crippen molar-refractivity contribution in [1.29, 1.82) is 0 Å². The van der Waals surface area contributed by atoms with E-state index in [0.29, 0.717) is 19.5 Å². The van der Waals surface area contributed by atoms with Crippen LogP contribution in [0.1, 0.15) is 13.3 Å². The summed E-state index contributed by atoms with van der Waals surface area (Å²) in [5, 5.41) is 0. The van der Waals surface area contributed by atoms with E-state index in [1.807, 2.05) is 31.2 Å². The van der Waals surface area contributed by atoms with Gasteiger partial charge in [-0.25, -0.2) is 0 Å². The Morgan fingerprint density at radius 2 is 1.85 bits per heavy atom. The summed E-state index contributed by atoms with van der Waals surface area (Å²) in [6.45, 7) is 6.79. The maximum Gasteiger partial charge on any atom is 0.249 e. The first-order valence-corrected chi connectivity index (χ1v) is 9.15. The number of methoxy groups -OCH3 is 1. The van der Waals surface area contributed by atoms with Crippen LogP contribution in [0.15, 0.2) is 24.3 Å². The standard InChI is InChI=1S/C19H27N3O4/c1-15-19(24)22(16-3-5-17(25-2)6-4-16)10-9-21(15)18(23)7-8-20-11-13-26-14-12-20/h3-6,15H,7-14H2,1-2H3. The van der Waals surface area contributed by atoms with E-state index in [1.165, 1.54) is 0 Å². The van der Waals surface area contributed by atoms with Crippen LogP contribution in [0.2, 0.25) is 0 Å². The smallest absolute Gasteiger partial charge is 0.249 e. The minimum atomic E-state index is -0.442. The molecule has 0 radical (unpaired) electrons. The highest BCUT2D eigenvalue weighted by atomic mass is 16.5. The van der Waals surface area contributed by atoms with E-state index in [4.69, 9.17) is 9.47 Å². The molecule has 2 heterocycles. The van der Waals surface area contributed by atoms with Gasteiger partial charge in [0.25, 0.3) is 0 Å². The Labute approximate surface area is 154 Å². The molecule has 0 aliphatic carbocycles. The number of hydrogen-bond donors (Lipinski definition) is 0. The number of ether oxygens (including phenoxy) is 2. The summed E-state index contributed by atoms with van der Waals surface area (Å²) in [5.74, 6) is 0.763. The number of benzene rings is 1. The van der Waals surface area contributed by atoms with E-state index in [-0.39, 0.29) is 11.8 Å². The largest absolute Gasteiger partial charge is 0.497 e. The molecule has 26 heavy (non-hydrogen) atoms. The van der Waals surface area contributed by atoms with Crippen molar-refractivity contribution in [1.82, 2.24) is 9.80 Å². The van der Waals surface area contributed by atoms with Crippen LogP contribution in [0.25, 0.3) is 0 Å². The molecule has 142 valence electrons. The molecule has 1 atom stereocenters. The van der Waals surface area contributed by atoms with Crippen LogP contribution in [0.4, 0.5) is 5.69 Å². The second-order valence-corrected chi connectivity index (χ2v) is 6.66. The normalized spacial score (nSPS) is 21.8. The molecule has 0 spiro atoms. The third-order valence-corrected chi connectivity index (χ3v) is 5.11. The predicted molar refractivity (Wildman–Crippen MR) is 98.4 cm³/mol. The van der Waals surface area contributed by atoms with Crippen LogP contribution >= 0.6 is 0 Å². The van der Waals surface area contributed by atoms with Crippen LogP contribution in [-0.2, 0) is 14.3 Å². The van der Waals surface area contributed by atoms with Crippen LogP contribution in [-0.4, -0.2) is 80.7 Å². The summed E-state index contributed by atoms with van der Waals surface area (Å²) in [4.78, 5) is 31.1. The topological polar surface area (TPSA) is 62.3 Å². The molecular weight excluding hydrogens is 334 g/mol. The second kappa shape index (κ2) is 8.51. The number of carbonyl (C=O) groups excluding carboxylic acids is 2. The van der Waals surface area contributed by atoms with Crippen molar-refractivity contribution in [3.63, 3.8) is 0 Å². The lowest BCUT2D eigenvalue weighted by Crippen LogP contribution is -2.58. The van der Waals surface area contributed by atoms with Crippen molar-refractivity contribution in [3.05, 3.63) is 24.3 Å². The Morgan fingerprint density at radius 1 is 1.15 bits per heavy atom. The Balaban J connectivity index is 1.56. The molecule has 1 unspecified atom stereocenters. The molecule has 0 N–H and O–H groups in total. The number of nitrogens with zero attached hydrogens (tertiary/aromatic N) is 3. The summed E-state index contributed by atoms with van der Waals surface area (Å²) in [7, 11) is 1.61. The molecule has 2 fully saturated rings. The maximum absolute atomic E-state index is 12.8. The molecule has 2 aliphatic heterocycles. The van der Waals surface area contributed by atoms with Gasteiger partial charge in [-0.2, -0.15) is 0 Å². The first-order chi connectivity index (χ1) is 12.6. The molecule has 7 heteroatoms. The molecule has 0 aromatic heterocycles. The fraction of sp³-hybridized carbons (Fsp3) is 0.579. The summed E-state index contributed by atoms with van der Waals surface area (Å²) < 4.78 is 10.5. The Morgan fingerprint density at radius 3 is 2.50 bits per heavy atom. The number of hydrogen-bond acceptors (Lipinski definition) is 5. The van der Waals surface area contributed by atoms with E-state index in [9.17, 15) is 9.59 Å². The predicted octanol–water partition coefficient (Wildman–Crippen LogP) is 0.981. The lowest BCUT2D eigenvalue weighted by molar-refractivity contribution is -0.141.